The third-order valence-corrected chi connectivity index (χ3v) is 6.39. The van der Waals surface area contributed by atoms with E-state index in [0.29, 0.717) is 0 Å². The quantitative estimate of drug-likeness (QED) is 0.257. The molecule has 5 rings (SSSR count). The van der Waals surface area contributed by atoms with Crippen LogP contribution in [0.3, 0.4) is 0 Å². The molecule has 5 aromatic rings. The smallest absolute Gasteiger partial charge is 0.00704 e. The Balaban J connectivity index is 2.03. The minimum absolute atomic E-state index is 1.30. The number of hydrogen-bond acceptors (Lipinski definition) is 0. The Bertz CT molecular complexity index is 1350. The maximum atomic E-state index is 2.33. The van der Waals surface area contributed by atoms with Crippen LogP contribution in [0, 0.1) is 27.7 Å². The van der Waals surface area contributed by atoms with E-state index in [1.165, 1.54) is 65.3 Å². The van der Waals surface area contributed by atoms with Crippen LogP contribution < -0.4 is 0 Å². The largest absolute Gasteiger partial charge is 0.0616 e. The van der Waals surface area contributed by atoms with E-state index in [1.54, 1.807) is 0 Å². The number of rotatable bonds is 0. The molecule has 0 heterocycles. The monoisotopic (exact) mass is 334 g/mol. The van der Waals surface area contributed by atoms with Gasteiger partial charge in [-0.15, -0.1) is 0 Å². The third-order valence-electron chi connectivity index (χ3n) is 6.39. The van der Waals surface area contributed by atoms with Crippen molar-refractivity contribution in [3.63, 3.8) is 0 Å². The molecule has 126 valence electrons. The zero-order valence-corrected chi connectivity index (χ0v) is 15.8. The maximum Gasteiger partial charge on any atom is -0.00704 e. The summed E-state index contributed by atoms with van der Waals surface area (Å²) in [7, 11) is 0. The predicted octanol–water partition coefficient (Wildman–Crippen LogP) is 7.53. The molecule has 0 spiro atoms. The summed E-state index contributed by atoms with van der Waals surface area (Å²) in [5, 5.41) is 10.8. The second-order valence-electron chi connectivity index (χ2n) is 7.53. The van der Waals surface area contributed by atoms with Crippen LogP contribution in [0.15, 0.2) is 60.7 Å². The van der Waals surface area contributed by atoms with Crippen molar-refractivity contribution in [1.82, 2.24) is 0 Å². The Morgan fingerprint density at radius 3 is 1.73 bits per heavy atom. The fraction of sp³-hybridized carbons (Fsp3) is 0.154. The minimum Gasteiger partial charge on any atom is -0.0616 e. The van der Waals surface area contributed by atoms with Gasteiger partial charge in [0, 0.05) is 0 Å². The highest BCUT2D eigenvalue weighted by atomic mass is 14.2. The van der Waals surface area contributed by atoms with E-state index in [4.69, 9.17) is 0 Å². The van der Waals surface area contributed by atoms with Crippen molar-refractivity contribution < 1.29 is 0 Å². The highest BCUT2D eigenvalue weighted by molar-refractivity contribution is 6.23. The number of benzene rings is 5. The van der Waals surface area contributed by atoms with Crippen LogP contribution in [-0.2, 0) is 0 Å². The summed E-state index contributed by atoms with van der Waals surface area (Å²) in [4.78, 5) is 0. The summed E-state index contributed by atoms with van der Waals surface area (Å²) in [5.41, 5.74) is 5.65. The minimum atomic E-state index is 1.30. The van der Waals surface area contributed by atoms with Gasteiger partial charge >= 0.3 is 0 Å². The Hall–Kier alpha value is -2.86. The molecule has 0 aromatic heterocycles. The van der Waals surface area contributed by atoms with Crippen LogP contribution in [0.25, 0.3) is 43.1 Å². The first kappa shape index (κ1) is 15.4. The van der Waals surface area contributed by atoms with Crippen molar-refractivity contribution in [2.24, 2.45) is 0 Å². The standard InChI is InChI=1S/C26H22/c1-15-16(2)18(4)26-20(17(15)3)11-12-24-23-10-9-19-7-5-6-8-21(19)22(23)13-14-25(24)26/h5-14H,1-4H3. The van der Waals surface area contributed by atoms with Crippen molar-refractivity contribution >= 4 is 43.1 Å². The van der Waals surface area contributed by atoms with Crippen LogP contribution in [0.4, 0.5) is 0 Å². The molecule has 0 nitrogen and oxygen atoms in total. The van der Waals surface area contributed by atoms with Gasteiger partial charge in [-0.2, -0.15) is 0 Å². The van der Waals surface area contributed by atoms with Gasteiger partial charge in [0.25, 0.3) is 0 Å². The Morgan fingerprint density at radius 2 is 0.923 bits per heavy atom. The summed E-state index contributed by atoms with van der Waals surface area (Å²) in [5.74, 6) is 0. The first-order valence-corrected chi connectivity index (χ1v) is 9.31. The zero-order valence-electron chi connectivity index (χ0n) is 15.8. The molecule has 0 radical (unpaired) electrons. The Kier molecular flexibility index (Phi) is 3.15. The molecular weight excluding hydrogens is 312 g/mol. The average molecular weight is 334 g/mol. The highest BCUT2D eigenvalue weighted by Crippen LogP contribution is 2.38. The molecule has 0 saturated carbocycles. The molecule has 0 saturated heterocycles. The molecule has 0 aliphatic heterocycles. The molecule has 0 bridgehead atoms. The van der Waals surface area contributed by atoms with Crippen LogP contribution in [0.2, 0.25) is 0 Å². The van der Waals surface area contributed by atoms with Gasteiger partial charge in [-0.25, -0.2) is 0 Å². The van der Waals surface area contributed by atoms with Crippen molar-refractivity contribution in [2.45, 2.75) is 27.7 Å². The zero-order chi connectivity index (χ0) is 18.0. The van der Waals surface area contributed by atoms with E-state index in [1.807, 2.05) is 0 Å². The van der Waals surface area contributed by atoms with E-state index < -0.39 is 0 Å². The third kappa shape index (κ3) is 1.90. The summed E-state index contributed by atoms with van der Waals surface area (Å²) in [6.45, 7) is 9.02. The van der Waals surface area contributed by atoms with Crippen molar-refractivity contribution in [1.29, 1.82) is 0 Å². The van der Waals surface area contributed by atoms with E-state index >= 15 is 0 Å². The number of fused-ring (bicyclic) bond motifs is 7. The lowest BCUT2D eigenvalue weighted by atomic mass is 9.87. The highest BCUT2D eigenvalue weighted by Gasteiger charge is 2.13. The molecule has 0 atom stereocenters. The summed E-state index contributed by atoms with van der Waals surface area (Å²) >= 11 is 0. The lowest BCUT2D eigenvalue weighted by molar-refractivity contribution is 1.25. The summed E-state index contributed by atoms with van der Waals surface area (Å²) in [6.07, 6.45) is 0. The first-order valence-electron chi connectivity index (χ1n) is 9.31. The van der Waals surface area contributed by atoms with E-state index in [9.17, 15) is 0 Å². The maximum absolute atomic E-state index is 2.33. The van der Waals surface area contributed by atoms with Crippen LogP contribution in [-0.4, -0.2) is 0 Å². The normalized spacial score (nSPS) is 11.8. The van der Waals surface area contributed by atoms with Gasteiger partial charge < -0.3 is 0 Å². The van der Waals surface area contributed by atoms with Gasteiger partial charge in [0.2, 0.25) is 0 Å². The molecule has 26 heavy (non-hydrogen) atoms. The molecular formula is C26H22. The van der Waals surface area contributed by atoms with Gasteiger partial charge in [0.1, 0.15) is 0 Å². The van der Waals surface area contributed by atoms with E-state index in [-0.39, 0.29) is 0 Å². The topological polar surface area (TPSA) is 0 Å². The van der Waals surface area contributed by atoms with E-state index in [2.05, 4.69) is 88.4 Å². The first-order chi connectivity index (χ1) is 12.6. The second-order valence-corrected chi connectivity index (χ2v) is 7.53. The van der Waals surface area contributed by atoms with Crippen LogP contribution in [0.5, 0.6) is 0 Å². The van der Waals surface area contributed by atoms with Crippen molar-refractivity contribution in [3.05, 3.63) is 82.9 Å². The van der Waals surface area contributed by atoms with Gasteiger partial charge in [-0.05, 0) is 93.0 Å². The van der Waals surface area contributed by atoms with Gasteiger partial charge in [-0.3, -0.25) is 0 Å². The van der Waals surface area contributed by atoms with Crippen molar-refractivity contribution in [3.8, 4) is 0 Å². The summed E-state index contributed by atoms with van der Waals surface area (Å²) < 4.78 is 0. The molecule has 0 amide bonds. The Labute approximate surface area is 154 Å². The summed E-state index contributed by atoms with van der Waals surface area (Å²) in [6, 6.07) is 22.5. The second kappa shape index (κ2) is 5.32. The lowest BCUT2D eigenvalue weighted by Crippen LogP contribution is -1.95. The molecule has 0 aliphatic carbocycles. The van der Waals surface area contributed by atoms with Gasteiger partial charge in [-0.1, -0.05) is 60.7 Å². The molecule has 5 aromatic carbocycles. The van der Waals surface area contributed by atoms with Gasteiger partial charge in [0.05, 0.1) is 0 Å². The van der Waals surface area contributed by atoms with Gasteiger partial charge in [0.15, 0.2) is 0 Å². The molecule has 0 unspecified atom stereocenters. The predicted molar refractivity (Wildman–Crippen MR) is 115 cm³/mol. The SMILES string of the molecule is Cc1c(C)c(C)c2c(ccc3c4ccc5ccccc5c4ccc32)c1C. The molecule has 0 N–H and O–H groups in total. The molecule has 0 fully saturated rings. The number of hydrogen-bond donors (Lipinski definition) is 0. The van der Waals surface area contributed by atoms with Crippen LogP contribution >= 0.6 is 0 Å². The molecule has 0 aliphatic rings. The number of aryl methyl sites for hydroxylation is 2. The fourth-order valence-electron chi connectivity index (χ4n) is 4.57. The average Bonchev–Trinajstić information content (AvgIpc) is 2.69. The molecule has 0 heteroatoms. The van der Waals surface area contributed by atoms with Crippen molar-refractivity contribution in [2.75, 3.05) is 0 Å². The van der Waals surface area contributed by atoms with E-state index in [0.717, 1.165) is 0 Å². The lowest BCUT2D eigenvalue weighted by Gasteiger charge is -2.17. The Morgan fingerprint density at radius 1 is 0.385 bits per heavy atom. The van der Waals surface area contributed by atoms with Crippen LogP contribution in [0.1, 0.15) is 22.3 Å². The fourth-order valence-corrected chi connectivity index (χ4v) is 4.57.